The molecule has 0 aromatic heterocycles. The molecule has 2 aromatic rings. The first-order valence-corrected chi connectivity index (χ1v) is 13.8. The van der Waals surface area contributed by atoms with Crippen LogP contribution < -0.4 is 0 Å². The smallest absolute Gasteiger partial charge is 0.403 e. The van der Waals surface area contributed by atoms with Gasteiger partial charge in [-0.05, 0) is 60.8 Å². The van der Waals surface area contributed by atoms with Crippen molar-refractivity contribution in [1.82, 2.24) is 0 Å². The van der Waals surface area contributed by atoms with Gasteiger partial charge in [0.2, 0.25) is 0 Å². The minimum atomic E-state index is -4.40. The molecule has 1 N–H and O–H groups in total. The summed E-state index contributed by atoms with van der Waals surface area (Å²) in [4.78, 5) is 12.8. The van der Waals surface area contributed by atoms with Crippen LogP contribution in [0.5, 0.6) is 0 Å². The summed E-state index contributed by atoms with van der Waals surface area (Å²) in [6, 6.07) is 13.4. The summed E-state index contributed by atoms with van der Waals surface area (Å²) in [5, 5.41) is 0.561. The normalized spacial score (nSPS) is 27.0. The van der Waals surface area contributed by atoms with Crippen LogP contribution in [0.3, 0.4) is 0 Å². The minimum absolute atomic E-state index is 0.185. The van der Waals surface area contributed by atoms with Gasteiger partial charge in [-0.2, -0.15) is 0 Å². The molecule has 2 aliphatic rings. The van der Waals surface area contributed by atoms with Gasteiger partial charge in [-0.15, -0.1) is 0 Å². The quantitative estimate of drug-likeness (QED) is 0.425. The highest BCUT2D eigenvalue weighted by molar-refractivity contribution is 7.99. The van der Waals surface area contributed by atoms with E-state index < -0.39 is 7.82 Å². The van der Waals surface area contributed by atoms with Gasteiger partial charge in [0.25, 0.3) is 0 Å². The Kier molecular flexibility index (Phi) is 6.87. The third-order valence-electron chi connectivity index (χ3n) is 6.98. The van der Waals surface area contributed by atoms with Crippen molar-refractivity contribution in [2.45, 2.75) is 62.9 Å². The van der Waals surface area contributed by atoms with Crippen LogP contribution in [0.1, 0.15) is 58.1 Å². The predicted octanol–water partition coefficient (Wildman–Crippen LogP) is 8.29. The second kappa shape index (κ2) is 9.19. The Labute approximate surface area is 200 Å². The fourth-order valence-electron chi connectivity index (χ4n) is 4.51. The number of halogens is 1. The van der Waals surface area contributed by atoms with E-state index in [0.717, 1.165) is 40.2 Å². The molecule has 1 unspecified atom stereocenters. The zero-order chi connectivity index (χ0) is 23.1. The van der Waals surface area contributed by atoms with Crippen LogP contribution in [0.2, 0.25) is 5.02 Å². The van der Waals surface area contributed by atoms with Crippen LogP contribution >= 0.6 is 31.2 Å². The SMILES string of the molecule is CC(C)[C@]1(C)CC[C@H](C)C[C@H]1OP(=O)(O)OC1=Cc2c(Cl)cccc2Sc2ccccc21. The van der Waals surface area contributed by atoms with Crippen molar-refractivity contribution in [3.05, 3.63) is 58.6 Å². The van der Waals surface area contributed by atoms with E-state index in [4.69, 9.17) is 20.6 Å². The van der Waals surface area contributed by atoms with E-state index in [-0.39, 0.29) is 11.5 Å². The number of phosphoric ester groups is 1. The molecular weight excluding hydrogens is 463 g/mol. The number of phosphoric acid groups is 1. The molecule has 0 spiro atoms. The van der Waals surface area contributed by atoms with Gasteiger partial charge in [0, 0.05) is 25.9 Å². The highest BCUT2D eigenvalue weighted by Gasteiger charge is 2.46. The number of hydrogen-bond acceptors (Lipinski definition) is 4. The molecule has 0 amide bonds. The zero-order valence-electron chi connectivity index (χ0n) is 18.9. The molecule has 4 nitrogen and oxygen atoms in total. The Balaban J connectivity index is 1.68. The number of benzene rings is 2. The Hall–Kier alpha value is -1.23. The topological polar surface area (TPSA) is 55.8 Å². The Morgan fingerprint density at radius 1 is 1.19 bits per heavy atom. The standard InChI is InChI=1S/C25H30ClO4PS/c1-16(2)25(4)13-12-17(3)14-24(25)30-31(27,28)29-21-15-19-20(26)9-7-11-23(19)32-22-10-6-5-8-18(21)22/h5-11,15-17,24H,12-14H2,1-4H3,(H,27,28)/t17-,24+,25-/m0/s1. The summed E-state index contributed by atoms with van der Waals surface area (Å²) >= 11 is 8.02. The minimum Gasteiger partial charge on any atom is -0.403 e. The third kappa shape index (κ3) is 4.83. The molecule has 172 valence electrons. The summed E-state index contributed by atoms with van der Waals surface area (Å²) in [6.07, 6.45) is 4.18. The van der Waals surface area contributed by atoms with Crippen LogP contribution in [-0.2, 0) is 13.6 Å². The van der Waals surface area contributed by atoms with Crippen molar-refractivity contribution in [3.8, 4) is 0 Å². The van der Waals surface area contributed by atoms with E-state index in [1.54, 1.807) is 23.9 Å². The van der Waals surface area contributed by atoms with Crippen LogP contribution in [0.15, 0.2) is 52.3 Å². The summed E-state index contributed by atoms with van der Waals surface area (Å²) < 4.78 is 25.0. The van der Waals surface area contributed by atoms with Crippen LogP contribution in [0.4, 0.5) is 0 Å². The molecule has 4 rings (SSSR count). The first kappa shape index (κ1) is 23.9. The van der Waals surface area contributed by atoms with E-state index in [2.05, 4.69) is 27.7 Å². The molecule has 32 heavy (non-hydrogen) atoms. The van der Waals surface area contributed by atoms with Crippen LogP contribution in [-0.4, -0.2) is 11.0 Å². The monoisotopic (exact) mass is 492 g/mol. The molecule has 0 saturated heterocycles. The van der Waals surface area contributed by atoms with Gasteiger partial charge in [0.1, 0.15) is 5.76 Å². The van der Waals surface area contributed by atoms with Crippen molar-refractivity contribution in [2.75, 3.05) is 0 Å². The molecule has 7 heteroatoms. The van der Waals surface area contributed by atoms with E-state index in [0.29, 0.717) is 22.6 Å². The molecule has 4 atom stereocenters. The third-order valence-corrected chi connectivity index (χ3v) is 9.41. The lowest BCUT2D eigenvalue weighted by Crippen LogP contribution is -2.43. The van der Waals surface area contributed by atoms with E-state index in [9.17, 15) is 9.46 Å². The summed E-state index contributed by atoms with van der Waals surface area (Å²) in [7, 11) is -4.40. The highest BCUT2D eigenvalue weighted by atomic mass is 35.5. The molecule has 1 heterocycles. The molecule has 0 radical (unpaired) electrons. The largest absolute Gasteiger partial charge is 0.527 e. The van der Waals surface area contributed by atoms with Gasteiger partial charge in [-0.25, -0.2) is 4.57 Å². The maximum atomic E-state index is 13.3. The number of hydrogen-bond donors (Lipinski definition) is 1. The van der Waals surface area contributed by atoms with E-state index in [1.165, 1.54) is 0 Å². The fourth-order valence-corrected chi connectivity index (χ4v) is 6.97. The predicted molar refractivity (Wildman–Crippen MR) is 132 cm³/mol. The molecule has 1 aliphatic carbocycles. The molecule has 0 bridgehead atoms. The lowest BCUT2D eigenvalue weighted by molar-refractivity contribution is -0.0425. The van der Waals surface area contributed by atoms with Crippen molar-refractivity contribution in [3.63, 3.8) is 0 Å². The van der Waals surface area contributed by atoms with Crippen molar-refractivity contribution < 1.29 is 18.5 Å². The van der Waals surface area contributed by atoms with Crippen molar-refractivity contribution in [1.29, 1.82) is 0 Å². The van der Waals surface area contributed by atoms with Crippen LogP contribution in [0, 0.1) is 17.3 Å². The van der Waals surface area contributed by atoms with Gasteiger partial charge >= 0.3 is 7.82 Å². The zero-order valence-corrected chi connectivity index (χ0v) is 21.3. The van der Waals surface area contributed by atoms with Crippen LogP contribution in [0.25, 0.3) is 11.8 Å². The second-order valence-corrected chi connectivity index (χ2v) is 12.3. The molecular formula is C25H30ClO4PS. The fraction of sp³-hybridized carbons (Fsp3) is 0.440. The molecule has 2 aromatic carbocycles. The average Bonchev–Trinajstić information content (AvgIpc) is 2.88. The molecule has 1 fully saturated rings. The first-order valence-electron chi connectivity index (χ1n) is 11.1. The van der Waals surface area contributed by atoms with E-state index in [1.807, 2.05) is 36.4 Å². The van der Waals surface area contributed by atoms with Gasteiger partial charge in [0.15, 0.2) is 0 Å². The van der Waals surface area contributed by atoms with Crippen molar-refractivity contribution >= 4 is 43.0 Å². The van der Waals surface area contributed by atoms with Gasteiger partial charge in [-0.1, -0.05) is 75.3 Å². The lowest BCUT2D eigenvalue weighted by Gasteiger charge is -2.46. The Bertz CT molecular complexity index is 1090. The maximum absolute atomic E-state index is 13.3. The highest BCUT2D eigenvalue weighted by Crippen LogP contribution is 2.57. The summed E-state index contributed by atoms with van der Waals surface area (Å²) in [6.45, 7) is 8.62. The number of rotatable bonds is 5. The Morgan fingerprint density at radius 3 is 2.66 bits per heavy atom. The van der Waals surface area contributed by atoms with Crippen molar-refractivity contribution in [2.24, 2.45) is 17.3 Å². The Morgan fingerprint density at radius 2 is 1.91 bits per heavy atom. The number of fused-ring (bicyclic) bond motifs is 2. The van der Waals surface area contributed by atoms with Gasteiger partial charge in [-0.3, -0.25) is 9.42 Å². The first-order chi connectivity index (χ1) is 15.1. The molecule has 1 saturated carbocycles. The maximum Gasteiger partial charge on any atom is 0.527 e. The average molecular weight is 493 g/mol. The van der Waals surface area contributed by atoms with E-state index >= 15 is 0 Å². The summed E-state index contributed by atoms with van der Waals surface area (Å²) in [5.41, 5.74) is 1.32. The van der Waals surface area contributed by atoms with Gasteiger partial charge in [0.05, 0.1) is 6.10 Å². The lowest BCUT2D eigenvalue weighted by atomic mass is 9.64. The molecule has 1 aliphatic heterocycles. The van der Waals surface area contributed by atoms with Gasteiger partial charge < -0.3 is 4.52 Å². The summed E-state index contributed by atoms with van der Waals surface area (Å²) in [5.74, 6) is 1.05. The second-order valence-electron chi connectivity index (χ2n) is 9.45.